The minimum Gasteiger partial charge on any atom is -0.376 e. The lowest BCUT2D eigenvalue weighted by Crippen LogP contribution is -2.37. The third-order valence-corrected chi connectivity index (χ3v) is 6.91. The lowest BCUT2D eigenvalue weighted by molar-refractivity contribution is 0.0917. The number of aryl methyl sites for hydroxylation is 1. The van der Waals surface area contributed by atoms with Crippen molar-refractivity contribution in [1.82, 2.24) is 4.98 Å². The van der Waals surface area contributed by atoms with Crippen LogP contribution in [0.15, 0.2) is 47.4 Å². The Hall–Kier alpha value is -1.89. The molecule has 0 saturated carbocycles. The van der Waals surface area contributed by atoms with E-state index in [0.29, 0.717) is 17.4 Å². The third-order valence-electron chi connectivity index (χ3n) is 4.87. The fourth-order valence-electron chi connectivity index (χ4n) is 3.51. The van der Waals surface area contributed by atoms with Crippen molar-refractivity contribution in [3.8, 4) is 0 Å². The van der Waals surface area contributed by atoms with Gasteiger partial charge in [0.25, 0.3) is 5.91 Å². The molecule has 0 radical (unpaired) electrons. The number of aromatic nitrogens is 1. The molecular formula is C23H26N2O2S2. The summed E-state index contributed by atoms with van der Waals surface area (Å²) < 4.78 is 6.95. The van der Waals surface area contributed by atoms with E-state index in [1.807, 2.05) is 29.2 Å². The molecule has 1 unspecified atom stereocenters. The molecule has 1 aliphatic heterocycles. The minimum atomic E-state index is -0.0116. The van der Waals surface area contributed by atoms with Gasteiger partial charge in [0.1, 0.15) is 0 Å². The van der Waals surface area contributed by atoms with E-state index in [1.54, 1.807) is 23.1 Å². The van der Waals surface area contributed by atoms with Crippen molar-refractivity contribution in [2.24, 2.45) is 0 Å². The molecule has 1 amide bonds. The number of hydrogen-bond donors (Lipinski definition) is 0. The molecular weight excluding hydrogens is 400 g/mol. The van der Waals surface area contributed by atoms with Gasteiger partial charge in [-0.15, -0.1) is 11.8 Å². The molecule has 0 spiro atoms. The first-order valence-corrected chi connectivity index (χ1v) is 11.8. The van der Waals surface area contributed by atoms with Crippen LogP contribution in [0.4, 0.5) is 5.13 Å². The molecule has 0 bridgehead atoms. The van der Waals surface area contributed by atoms with Crippen LogP contribution in [0.1, 0.15) is 42.6 Å². The Morgan fingerprint density at radius 3 is 2.93 bits per heavy atom. The van der Waals surface area contributed by atoms with E-state index in [1.165, 1.54) is 5.56 Å². The summed E-state index contributed by atoms with van der Waals surface area (Å²) in [6, 6.07) is 14.1. The van der Waals surface area contributed by atoms with Crippen LogP contribution in [0.3, 0.4) is 0 Å². The van der Waals surface area contributed by atoms with E-state index in [-0.39, 0.29) is 12.0 Å². The Morgan fingerprint density at radius 2 is 2.17 bits per heavy atom. The lowest BCUT2D eigenvalue weighted by Gasteiger charge is -2.23. The summed E-state index contributed by atoms with van der Waals surface area (Å²) in [5, 5.41) is 1.21. The van der Waals surface area contributed by atoms with Gasteiger partial charge >= 0.3 is 0 Å². The molecule has 0 aliphatic carbocycles. The number of thiazole rings is 1. The number of carbonyl (C=O) groups is 1. The molecule has 0 N–H and O–H groups in total. The van der Waals surface area contributed by atoms with Crippen molar-refractivity contribution in [2.45, 2.75) is 49.9 Å². The van der Waals surface area contributed by atoms with E-state index in [9.17, 15) is 4.79 Å². The smallest absolute Gasteiger partial charge is 0.260 e. The molecule has 6 heteroatoms. The first-order chi connectivity index (χ1) is 14.0. The highest BCUT2D eigenvalue weighted by Crippen LogP contribution is 2.32. The number of anilines is 1. The first-order valence-electron chi connectivity index (χ1n) is 10.1. The maximum Gasteiger partial charge on any atom is 0.260 e. The SMILES string of the molecule is Cc1ccc2nc(N(CC3CCCO3)C(=O)c3cccc(SC(C)C)c3)sc2c1. The number of thioether (sulfide) groups is 1. The van der Waals surface area contributed by atoms with Crippen LogP contribution >= 0.6 is 23.1 Å². The van der Waals surface area contributed by atoms with Gasteiger partial charge in [-0.05, 0) is 55.7 Å². The van der Waals surface area contributed by atoms with Crippen LogP contribution in [0.5, 0.6) is 0 Å². The van der Waals surface area contributed by atoms with Crippen molar-refractivity contribution in [1.29, 1.82) is 0 Å². The highest BCUT2D eigenvalue weighted by molar-refractivity contribution is 7.99. The number of hydrogen-bond acceptors (Lipinski definition) is 5. The summed E-state index contributed by atoms with van der Waals surface area (Å²) in [6.45, 7) is 7.70. The van der Waals surface area contributed by atoms with Gasteiger partial charge < -0.3 is 4.74 Å². The zero-order chi connectivity index (χ0) is 20.4. The Labute approximate surface area is 180 Å². The van der Waals surface area contributed by atoms with Crippen LogP contribution in [-0.4, -0.2) is 35.4 Å². The summed E-state index contributed by atoms with van der Waals surface area (Å²) in [5.41, 5.74) is 2.83. The monoisotopic (exact) mass is 426 g/mol. The maximum atomic E-state index is 13.5. The number of ether oxygens (including phenoxy) is 1. The van der Waals surface area contributed by atoms with E-state index in [4.69, 9.17) is 9.72 Å². The summed E-state index contributed by atoms with van der Waals surface area (Å²) >= 11 is 3.34. The van der Waals surface area contributed by atoms with Crippen molar-refractivity contribution in [3.63, 3.8) is 0 Å². The van der Waals surface area contributed by atoms with Crippen molar-refractivity contribution in [3.05, 3.63) is 53.6 Å². The van der Waals surface area contributed by atoms with Crippen molar-refractivity contribution in [2.75, 3.05) is 18.1 Å². The molecule has 4 rings (SSSR count). The third kappa shape index (κ3) is 4.82. The fraction of sp³-hybridized carbons (Fsp3) is 0.391. The maximum absolute atomic E-state index is 13.5. The van der Waals surface area contributed by atoms with Gasteiger partial charge in [0.05, 0.1) is 22.9 Å². The second-order valence-corrected chi connectivity index (χ2v) is 10.4. The van der Waals surface area contributed by atoms with E-state index in [0.717, 1.165) is 39.7 Å². The molecule has 2 aromatic carbocycles. The Balaban J connectivity index is 1.68. The molecule has 152 valence electrons. The van der Waals surface area contributed by atoms with Gasteiger partial charge in [-0.3, -0.25) is 9.69 Å². The number of amides is 1. The first kappa shape index (κ1) is 20.4. The second kappa shape index (κ2) is 8.86. The lowest BCUT2D eigenvalue weighted by atomic mass is 10.2. The molecule has 2 heterocycles. The Morgan fingerprint density at radius 1 is 1.31 bits per heavy atom. The van der Waals surface area contributed by atoms with Gasteiger partial charge in [0.15, 0.2) is 5.13 Å². The summed E-state index contributed by atoms with van der Waals surface area (Å²) in [7, 11) is 0. The van der Waals surface area contributed by atoms with E-state index < -0.39 is 0 Å². The van der Waals surface area contributed by atoms with E-state index in [2.05, 4.69) is 39.0 Å². The zero-order valence-electron chi connectivity index (χ0n) is 17.1. The Kier molecular flexibility index (Phi) is 6.23. The predicted molar refractivity (Wildman–Crippen MR) is 122 cm³/mol. The molecule has 1 aliphatic rings. The summed E-state index contributed by atoms with van der Waals surface area (Å²) in [5.74, 6) is -0.0116. The number of fused-ring (bicyclic) bond motifs is 1. The highest BCUT2D eigenvalue weighted by Gasteiger charge is 2.27. The highest BCUT2D eigenvalue weighted by atomic mass is 32.2. The molecule has 1 fully saturated rings. The molecule has 29 heavy (non-hydrogen) atoms. The van der Waals surface area contributed by atoms with E-state index >= 15 is 0 Å². The van der Waals surface area contributed by atoms with Gasteiger partial charge in [0.2, 0.25) is 0 Å². The zero-order valence-corrected chi connectivity index (χ0v) is 18.7. The molecule has 3 aromatic rings. The van der Waals surface area contributed by atoms with Gasteiger partial charge in [-0.25, -0.2) is 4.98 Å². The van der Waals surface area contributed by atoms with Crippen LogP contribution < -0.4 is 4.90 Å². The molecule has 1 saturated heterocycles. The fourth-order valence-corrected chi connectivity index (χ4v) is 5.47. The summed E-state index contributed by atoms with van der Waals surface area (Å²) in [4.78, 5) is 21.2. The summed E-state index contributed by atoms with van der Waals surface area (Å²) in [6.07, 6.45) is 2.10. The average Bonchev–Trinajstić information content (AvgIpc) is 3.34. The number of rotatable bonds is 6. The normalized spacial score (nSPS) is 16.6. The van der Waals surface area contributed by atoms with Crippen molar-refractivity contribution < 1.29 is 9.53 Å². The van der Waals surface area contributed by atoms with Crippen LogP contribution in [0, 0.1) is 6.92 Å². The van der Waals surface area contributed by atoms with Gasteiger partial charge in [-0.2, -0.15) is 0 Å². The molecule has 1 aromatic heterocycles. The standard InChI is InChI=1S/C23H26N2O2S2/c1-15(2)28-19-8-4-6-17(13-19)22(26)25(14-18-7-5-11-27-18)23-24-20-10-9-16(3)12-21(20)29-23/h4,6,8-10,12-13,15,18H,5,7,11,14H2,1-3H3. The van der Waals surface area contributed by atoms with Gasteiger partial charge in [0, 0.05) is 22.3 Å². The topological polar surface area (TPSA) is 42.4 Å². The predicted octanol–water partition coefficient (Wildman–Crippen LogP) is 5.93. The van der Waals surface area contributed by atoms with Crippen LogP contribution in [-0.2, 0) is 4.74 Å². The largest absolute Gasteiger partial charge is 0.376 e. The number of carbonyl (C=O) groups excluding carboxylic acids is 1. The second-order valence-electron chi connectivity index (χ2n) is 7.71. The minimum absolute atomic E-state index is 0.0116. The molecule has 4 nitrogen and oxygen atoms in total. The average molecular weight is 427 g/mol. The number of benzene rings is 2. The van der Waals surface area contributed by atoms with Crippen LogP contribution in [0.2, 0.25) is 0 Å². The van der Waals surface area contributed by atoms with Crippen molar-refractivity contribution >= 4 is 44.4 Å². The quantitative estimate of drug-likeness (QED) is 0.458. The number of nitrogens with zero attached hydrogens (tertiary/aromatic N) is 2. The van der Waals surface area contributed by atoms with Crippen LogP contribution in [0.25, 0.3) is 10.2 Å². The molecule has 1 atom stereocenters. The Bertz CT molecular complexity index is 1010. The van der Waals surface area contributed by atoms with Gasteiger partial charge in [-0.1, -0.05) is 37.3 Å².